The fourth-order valence-electron chi connectivity index (χ4n) is 2.33. The van der Waals surface area contributed by atoms with Gasteiger partial charge in [0.25, 0.3) is 5.91 Å². The SMILES string of the molecule is CNc1snc(C)c1C(=O)N[C@H](C)c1cn(-c2ccccc2)nn1. The van der Waals surface area contributed by atoms with Crippen molar-refractivity contribution in [3.05, 3.63) is 53.5 Å². The highest BCUT2D eigenvalue weighted by molar-refractivity contribution is 7.10. The Morgan fingerprint density at radius 2 is 2.04 bits per heavy atom. The Hall–Kier alpha value is -2.74. The van der Waals surface area contributed by atoms with Gasteiger partial charge in [0.15, 0.2) is 0 Å². The lowest BCUT2D eigenvalue weighted by atomic mass is 10.2. The molecule has 0 aliphatic heterocycles. The molecule has 3 rings (SSSR count). The lowest BCUT2D eigenvalue weighted by Crippen LogP contribution is -2.27. The molecule has 124 valence electrons. The fraction of sp³-hybridized carbons (Fsp3) is 0.250. The molecule has 0 unspecified atom stereocenters. The summed E-state index contributed by atoms with van der Waals surface area (Å²) in [5, 5.41) is 15.0. The first-order valence-electron chi connectivity index (χ1n) is 7.52. The summed E-state index contributed by atoms with van der Waals surface area (Å²) in [6.45, 7) is 3.70. The Kier molecular flexibility index (Phi) is 4.57. The van der Waals surface area contributed by atoms with Crippen LogP contribution in [0.15, 0.2) is 36.5 Å². The molecular formula is C16H18N6OS. The minimum atomic E-state index is -0.265. The summed E-state index contributed by atoms with van der Waals surface area (Å²) in [5.41, 5.74) is 2.90. The zero-order valence-electron chi connectivity index (χ0n) is 13.6. The summed E-state index contributed by atoms with van der Waals surface area (Å²) in [4.78, 5) is 12.5. The molecule has 0 bridgehead atoms. The third-order valence-corrected chi connectivity index (χ3v) is 4.60. The number of aromatic nitrogens is 4. The van der Waals surface area contributed by atoms with Crippen LogP contribution < -0.4 is 10.6 Å². The van der Waals surface area contributed by atoms with E-state index in [9.17, 15) is 4.79 Å². The Morgan fingerprint density at radius 3 is 2.75 bits per heavy atom. The van der Waals surface area contributed by atoms with Crippen LogP contribution in [0.4, 0.5) is 5.00 Å². The third kappa shape index (κ3) is 3.13. The van der Waals surface area contributed by atoms with E-state index in [1.807, 2.05) is 50.4 Å². The predicted octanol–water partition coefficient (Wildman–Crippen LogP) is 2.56. The van der Waals surface area contributed by atoms with Gasteiger partial charge >= 0.3 is 0 Å². The van der Waals surface area contributed by atoms with Gasteiger partial charge in [0.1, 0.15) is 10.7 Å². The maximum absolute atomic E-state index is 12.5. The number of hydrogen-bond donors (Lipinski definition) is 2. The Balaban J connectivity index is 1.76. The molecule has 2 N–H and O–H groups in total. The van der Waals surface area contributed by atoms with Gasteiger partial charge in [0.2, 0.25) is 0 Å². The number of carbonyl (C=O) groups is 1. The van der Waals surface area contributed by atoms with Gasteiger partial charge in [-0.05, 0) is 37.5 Å². The Labute approximate surface area is 143 Å². The normalized spacial score (nSPS) is 12.0. The van der Waals surface area contributed by atoms with Gasteiger partial charge in [-0.25, -0.2) is 4.68 Å². The molecule has 0 spiro atoms. The number of para-hydroxylation sites is 1. The van der Waals surface area contributed by atoms with E-state index in [1.165, 1.54) is 11.5 Å². The second-order valence-corrected chi connectivity index (χ2v) is 6.11. The van der Waals surface area contributed by atoms with E-state index in [4.69, 9.17) is 0 Å². The van der Waals surface area contributed by atoms with Crippen LogP contribution in [-0.2, 0) is 0 Å². The molecule has 2 heterocycles. The van der Waals surface area contributed by atoms with Crippen molar-refractivity contribution in [3.63, 3.8) is 0 Å². The monoisotopic (exact) mass is 342 g/mol. The van der Waals surface area contributed by atoms with Crippen LogP contribution >= 0.6 is 11.5 Å². The molecule has 1 atom stereocenters. The first kappa shape index (κ1) is 16.1. The molecule has 0 aliphatic carbocycles. The first-order chi connectivity index (χ1) is 11.6. The number of nitrogens with zero attached hydrogens (tertiary/aromatic N) is 4. The number of aryl methyl sites for hydroxylation is 1. The Bertz CT molecular complexity index is 841. The van der Waals surface area contributed by atoms with Crippen molar-refractivity contribution in [1.29, 1.82) is 0 Å². The van der Waals surface area contributed by atoms with Crippen LogP contribution in [0.3, 0.4) is 0 Å². The number of carbonyl (C=O) groups excluding carboxylic acids is 1. The summed E-state index contributed by atoms with van der Waals surface area (Å²) in [6.07, 6.45) is 1.82. The number of benzene rings is 1. The van der Waals surface area contributed by atoms with Crippen molar-refractivity contribution in [2.75, 3.05) is 12.4 Å². The number of hydrogen-bond acceptors (Lipinski definition) is 6. The van der Waals surface area contributed by atoms with Crippen molar-refractivity contribution in [2.24, 2.45) is 0 Å². The molecular weight excluding hydrogens is 324 g/mol. The van der Waals surface area contributed by atoms with Crippen molar-refractivity contribution < 1.29 is 4.79 Å². The second-order valence-electron chi connectivity index (χ2n) is 5.34. The Morgan fingerprint density at radius 1 is 1.29 bits per heavy atom. The molecule has 7 nitrogen and oxygen atoms in total. The lowest BCUT2D eigenvalue weighted by molar-refractivity contribution is 0.0939. The minimum Gasteiger partial charge on any atom is -0.378 e. The molecule has 3 aromatic rings. The smallest absolute Gasteiger partial charge is 0.256 e. The number of rotatable bonds is 5. The summed E-state index contributed by atoms with van der Waals surface area (Å²) < 4.78 is 5.91. The van der Waals surface area contributed by atoms with Crippen LogP contribution in [0.25, 0.3) is 5.69 Å². The average molecular weight is 342 g/mol. The highest BCUT2D eigenvalue weighted by Gasteiger charge is 2.21. The number of nitrogens with one attached hydrogen (secondary N) is 2. The number of amides is 1. The molecule has 1 aromatic carbocycles. The third-order valence-electron chi connectivity index (χ3n) is 3.64. The van der Waals surface area contributed by atoms with Gasteiger partial charge in [-0.15, -0.1) is 5.10 Å². The highest BCUT2D eigenvalue weighted by Crippen LogP contribution is 2.24. The quantitative estimate of drug-likeness (QED) is 0.744. The minimum absolute atomic E-state index is 0.174. The van der Waals surface area contributed by atoms with Gasteiger partial charge in [-0.1, -0.05) is 23.4 Å². The summed E-state index contributed by atoms with van der Waals surface area (Å²) in [5.74, 6) is -0.174. The van der Waals surface area contributed by atoms with Gasteiger partial charge in [0.05, 0.1) is 29.2 Å². The van der Waals surface area contributed by atoms with E-state index in [2.05, 4.69) is 25.3 Å². The highest BCUT2D eigenvalue weighted by atomic mass is 32.1. The van der Waals surface area contributed by atoms with E-state index in [-0.39, 0.29) is 11.9 Å². The van der Waals surface area contributed by atoms with E-state index in [0.29, 0.717) is 17.0 Å². The molecule has 24 heavy (non-hydrogen) atoms. The topological polar surface area (TPSA) is 84.7 Å². The molecule has 0 aliphatic rings. The average Bonchev–Trinajstić information content (AvgIpc) is 3.22. The second kappa shape index (κ2) is 6.79. The predicted molar refractivity (Wildman–Crippen MR) is 93.6 cm³/mol. The molecule has 8 heteroatoms. The largest absolute Gasteiger partial charge is 0.378 e. The lowest BCUT2D eigenvalue weighted by Gasteiger charge is -2.11. The zero-order chi connectivity index (χ0) is 17.1. The summed E-state index contributed by atoms with van der Waals surface area (Å²) in [6, 6.07) is 9.45. The molecule has 0 saturated heterocycles. The zero-order valence-corrected chi connectivity index (χ0v) is 14.5. The maximum Gasteiger partial charge on any atom is 0.256 e. The van der Waals surface area contributed by atoms with Crippen molar-refractivity contribution in [2.45, 2.75) is 19.9 Å². The van der Waals surface area contributed by atoms with Gasteiger partial charge in [0, 0.05) is 7.05 Å². The van der Waals surface area contributed by atoms with E-state index < -0.39 is 0 Å². The van der Waals surface area contributed by atoms with E-state index >= 15 is 0 Å². The van der Waals surface area contributed by atoms with E-state index in [1.54, 1.807) is 11.7 Å². The summed E-state index contributed by atoms with van der Waals surface area (Å²) in [7, 11) is 1.78. The molecule has 0 saturated carbocycles. The van der Waals surface area contributed by atoms with Crippen LogP contribution in [0, 0.1) is 6.92 Å². The fourth-order valence-corrected chi connectivity index (χ4v) is 3.08. The van der Waals surface area contributed by atoms with Crippen molar-refractivity contribution in [1.82, 2.24) is 24.7 Å². The molecule has 1 amide bonds. The van der Waals surface area contributed by atoms with Crippen LogP contribution in [0.2, 0.25) is 0 Å². The molecule has 0 radical (unpaired) electrons. The van der Waals surface area contributed by atoms with Gasteiger partial charge in [-0.3, -0.25) is 4.79 Å². The van der Waals surface area contributed by atoms with Crippen LogP contribution in [-0.4, -0.2) is 32.3 Å². The van der Waals surface area contributed by atoms with Crippen molar-refractivity contribution in [3.8, 4) is 5.69 Å². The van der Waals surface area contributed by atoms with Crippen LogP contribution in [0.5, 0.6) is 0 Å². The number of anilines is 1. The van der Waals surface area contributed by atoms with E-state index in [0.717, 1.165) is 10.7 Å². The maximum atomic E-state index is 12.5. The molecule has 2 aromatic heterocycles. The standard InChI is InChI=1S/C16H18N6OS/c1-10(18-15(23)14-11(2)20-24-16(14)17-3)13-9-22(21-19-13)12-7-5-4-6-8-12/h4-10,17H,1-3H3,(H,18,23)/t10-/m1/s1. The molecule has 0 fully saturated rings. The van der Waals surface area contributed by atoms with Gasteiger partial charge < -0.3 is 10.6 Å². The first-order valence-corrected chi connectivity index (χ1v) is 8.30. The van der Waals surface area contributed by atoms with Gasteiger partial charge in [-0.2, -0.15) is 4.37 Å². The summed E-state index contributed by atoms with van der Waals surface area (Å²) >= 11 is 1.27. The van der Waals surface area contributed by atoms with Crippen LogP contribution in [0.1, 0.15) is 34.7 Å². The van der Waals surface area contributed by atoms with Crippen molar-refractivity contribution >= 4 is 22.4 Å².